The van der Waals surface area contributed by atoms with E-state index < -0.39 is 0 Å². The van der Waals surface area contributed by atoms with Gasteiger partial charge in [0.05, 0.1) is 6.61 Å². The van der Waals surface area contributed by atoms with Crippen LogP contribution in [0.2, 0.25) is 0 Å². The third-order valence-electron chi connectivity index (χ3n) is 6.38. The zero-order chi connectivity index (χ0) is 20.5. The average molecular weight is 407 g/mol. The predicted molar refractivity (Wildman–Crippen MR) is 114 cm³/mol. The monoisotopic (exact) mass is 407 g/mol. The van der Waals surface area contributed by atoms with E-state index in [4.69, 9.17) is 4.74 Å². The van der Waals surface area contributed by atoms with Crippen LogP contribution in [0.4, 0.5) is 10.3 Å². The summed E-state index contributed by atoms with van der Waals surface area (Å²) in [5.74, 6) is 1.92. The lowest BCUT2D eigenvalue weighted by molar-refractivity contribution is 0.356. The summed E-state index contributed by atoms with van der Waals surface area (Å²) in [5, 5.41) is 11.7. The topological polar surface area (TPSA) is 64.3 Å². The Morgan fingerprint density at radius 1 is 1.30 bits per heavy atom. The summed E-state index contributed by atoms with van der Waals surface area (Å²) in [4.78, 5) is 4.64. The maximum Gasteiger partial charge on any atom is 0.210 e. The number of hydrogen-bond donors (Lipinski definition) is 1. The molecule has 2 aromatic heterocycles. The molecule has 1 atom stereocenters. The zero-order valence-corrected chi connectivity index (χ0v) is 17.2. The van der Waals surface area contributed by atoms with Crippen LogP contribution in [0.5, 0.6) is 5.75 Å². The number of rotatable bonds is 5. The molecule has 6 nitrogen and oxygen atoms in total. The molecule has 1 N–H and O–H groups in total. The normalized spacial score (nSPS) is 18.6. The standard InChI is InChI=1S/C23H26FN5O/c1-2-15-4-3-5-16(7-6-15)18-12-25-23(29-14-27-28-22(18)29)26-13-19-17-10-11-30-21(17)9-8-20(19)24/h7-9,12,14-15H,2-6,10-11,13H2,1H3,(H,25,26). The lowest BCUT2D eigenvalue weighted by atomic mass is 9.98. The lowest BCUT2D eigenvalue weighted by Crippen LogP contribution is -2.10. The zero-order valence-electron chi connectivity index (χ0n) is 17.2. The fourth-order valence-electron chi connectivity index (χ4n) is 4.58. The Labute approximate surface area is 175 Å². The summed E-state index contributed by atoms with van der Waals surface area (Å²) in [6.45, 7) is 3.20. The first-order chi connectivity index (χ1) is 14.7. The first-order valence-electron chi connectivity index (χ1n) is 10.8. The van der Waals surface area contributed by atoms with Crippen LogP contribution in [0.25, 0.3) is 11.2 Å². The number of halogens is 1. The number of nitrogens with zero attached hydrogens (tertiary/aromatic N) is 4. The minimum absolute atomic E-state index is 0.225. The van der Waals surface area contributed by atoms with Crippen molar-refractivity contribution in [2.75, 3.05) is 11.9 Å². The van der Waals surface area contributed by atoms with Crippen LogP contribution in [0.1, 0.15) is 55.7 Å². The Hall–Kier alpha value is -2.96. The molecule has 0 saturated carbocycles. The van der Waals surface area contributed by atoms with E-state index in [-0.39, 0.29) is 5.82 Å². The smallest absolute Gasteiger partial charge is 0.210 e. The largest absolute Gasteiger partial charge is 0.493 e. The van der Waals surface area contributed by atoms with E-state index in [0.29, 0.717) is 24.7 Å². The minimum Gasteiger partial charge on any atom is -0.493 e. The van der Waals surface area contributed by atoms with Gasteiger partial charge in [0.1, 0.15) is 17.9 Å². The Kier molecular flexibility index (Phi) is 5.11. The van der Waals surface area contributed by atoms with Crippen LogP contribution in [-0.4, -0.2) is 26.2 Å². The van der Waals surface area contributed by atoms with Crippen molar-refractivity contribution in [2.45, 2.75) is 52.0 Å². The lowest BCUT2D eigenvalue weighted by Gasteiger charge is -2.13. The van der Waals surface area contributed by atoms with Gasteiger partial charge in [0.2, 0.25) is 5.95 Å². The quantitative estimate of drug-likeness (QED) is 0.659. The Morgan fingerprint density at radius 2 is 2.23 bits per heavy atom. The van der Waals surface area contributed by atoms with Gasteiger partial charge in [-0.15, -0.1) is 10.2 Å². The molecule has 30 heavy (non-hydrogen) atoms. The number of hydrogen-bond acceptors (Lipinski definition) is 5. The molecule has 2 aliphatic rings. The molecule has 1 unspecified atom stereocenters. The summed E-state index contributed by atoms with van der Waals surface area (Å²) in [6.07, 6.45) is 12.4. The molecule has 1 aliphatic carbocycles. The minimum atomic E-state index is -0.225. The fraction of sp³-hybridized carbons (Fsp3) is 0.435. The Bertz CT molecular complexity index is 1110. The molecule has 1 aromatic carbocycles. The third kappa shape index (κ3) is 3.42. The van der Waals surface area contributed by atoms with Crippen molar-refractivity contribution in [3.8, 4) is 5.75 Å². The van der Waals surface area contributed by atoms with E-state index in [0.717, 1.165) is 47.7 Å². The van der Waals surface area contributed by atoms with Crippen molar-refractivity contribution < 1.29 is 9.13 Å². The highest BCUT2D eigenvalue weighted by atomic mass is 19.1. The van der Waals surface area contributed by atoms with Gasteiger partial charge in [-0.3, -0.25) is 4.40 Å². The summed E-state index contributed by atoms with van der Waals surface area (Å²) >= 11 is 0. The number of benzene rings is 1. The van der Waals surface area contributed by atoms with Crippen molar-refractivity contribution in [2.24, 2.45) is 5.92 Å². The van der Waals surface area contributed by atoms with Gasteiger partial charge in [0.15, 0.2) is 5.65 Å². The molecule has 0 bridgehead atoms. The summed E-state index contributed by atoms with van der Waals surface area (Å²) in [5.41, 5.74) is 4.69. The van der Waals surface area contributed by atoms with E-state index in [2.05, 4.69) is 33.5 Å². The number of fused-ring (bicyclic) bond motifs is 2. The van der Waals surface area contributed by atoms with Gasteiger partial charge in [-0.1, -0.05) is 19.4 Å². The van der Waals surface area contributed by atoms with Crippen LogP contribution in [0.15, 0.2) is 30.7 Å². The molecule has 5 rings (SSSR count). The van der Waals surface area contributed by atoms with Gasteiger partial charge in [0, 0.05) is 35.9 Å². The first kappa shape index (κ1) is 19.0. The molecule has 3 heterocycles. The van der Waals surface area contributed by atoms with Gasteiger partial charge in [0.25, 0.3) is 0 Å². The van der Waals surface area contributed by atoms with Crippen molar-refractivity contribution in [3.05, 3.63) is 53.2 Å². The predicted octanol–water partition coefficient (Wildman–Crippen LogP) is 4.79. The fourth-order valence-corrected chi connectivity index (χ4v) is 4.58. The molecular weight excluding hydrogens is 381 g/mol. The van der Waals surface area contributed by atoms with E-state index in [9.17, 15) is 4.39 Å². The third-order valence-corrected chi connectivity index (χ3v) is 6.38. The second-order valence-electron chi connectivity index (χ2n) is 8.11. The SMILES string of the molecule is CCC1CC=C(c2cnc(NCc3c(F)ccc4c3CCO4)n3cnnc23)CCC1. The highest BCUT2D eigenvalue weighted by Crippen LogP contribution is 2.33. The van der Waals surface area contributed by atoms with E-state index in [1.165, 1.54) is 30.9 Å². The molecule has 7 heteroatoms. The van der Waals surface area contributed by atoms with Crippen molar-refractivity contribution >= 4 is 17.2 Å². The molecule has 0 fully saturated rings. The van der Waals surface area contributed by atoms with E-state index >= 15 is 0 Å². The summed E-state index contributed by atoms with van der Waals surface area (Å²) in [6, 6.07) is 3.17. The van der Waals surface area contributed by atoms with Crippen molar-refractivity contribution in [1.29, 1.82) is 0 Å². The van der Waals surface area contributed by atoms with Crippen LogP contribution in [-0.2, 0) is 13.0 Å². The molecule has 0 saturated heterocycles. The first-order valence-corrected chi connectivity index (χ1v) is 10.8. The van der Waals surface area contributed by atoms with Gasteiger partial charge in [-0.25, -0.2) is 9.37 Å². The van der Waals surface area contributed by atoms with Gasteiger partial charge >= 0.3 is 0 Å². The van der Waals surface area contributed by atoms with Gasteiger partial charge < -0.3 is 10.1 Å². The molecule has 0 radical (unpaired) electrons. The Morgan fingerprint density at radius 3 is 3.13 bits per heavy atom. The molecule has 0 amide bonds. The maximum absolute atomic E-state index is 14.5. The second-order valence-corrected chi connectivity index (χ2v) is 8.11. The highest BCUT2D eigenvalue weighted by Gasteiger charge is 2.20. The number of aromatic nitrogens is 4. The molecule has 0 spiro atoms. The average Bonchev–Trinajstić information content (AvgIpc) is 3.38. The molecule has 156 valence electrons. The Balaban J connectivity index is 1.43. The number of allylic oxidation sites excluding steroid dienone is 2. The van der Waals surface area contributed by atoms with Gasteiger partial charge in [-0.2, -0.15) is 0 Å². The van der Waals surface area contributed by atoms with Crippen molar-refractivity contribution in [1.82, 2.24) is 19.6 Å². The number of ether oxygens (including phenoxy) is 1. The van der Waals surface area contributed by atoms with Crippen LogP contribution in [0, 0.1) is 11.7 Å². The van der Waals surface area contributed by atoms with E-state index in [1.54, 1.807) is 12.4 Å². The van der Waals surface area contributed by atoms with E-state index in [1.807, 2.05) is 10.6 Å². The van der Waals surface area contributed by atoms with Gasteiger partial charge in [-0.05, 0) is 49.3 Å². The van der Waals surface area contributed by atoms with Crippen LogP contribution in [0.3, 0.4) is 0 Å². The molecule has 1 aliphatic heterocycles. The number of nitrogens with one attached hydrogen (secondary N) is 1. The van der Waals surface area contributed by atoms with Crippen LogP contribution < -0.4 is 10.1 Å². The summed E-state index contributed by atoms with van der Waals surface area (Å²) < 4.78 is 21.9. The second kappa shape index (κ2) is 8.05. The van der Waals surface area contributed by atoms with Crippen molar-refractivity contribution in [3.63, 3.8) is 0 Å². The maximum atomic E-state index is 14.5. The molecular formula is C23H26FN5O. The highest BCUT2D eigenvalue weighted by molar-refractivity contribution is 5.76. The number of anilines is 1. The van der Waals surface area contributed by atoms with Crippen LogP contribution >= 0.6 is 0 Å². The summed E-state index contributed by atoms with van der Waals surface area (Å²) in [7, 11) is 0. The molecule has 3 aromatic rings.